The maximum atomic E-state index is 13.4. The van der Waals surface area contributed by atoms with Crippen LogP contribution in [0.5, 0.6) is 0 Å². The largest absolute Gasteiger partial charge is 0.279 e. The van der Waals surface area contributed by atoms with E-state index < -0.39 is 5.82 Å². The topological polar surface area (TPSA) is 46.7 Å². The predicted octanol–water partition coefficient (Wildman–Crippen LogP) is 2.99. The molecule has 0 aromatic carbocycles. The summed E-state index contributed by atoms with van der Waals surface area (Å²) in [6.07, 6.45) is 1.58. The monoisotopic (exact) mass is 207 g/mol. The van der Waals surface area contributed by atoms with Crippen LogP contribution in [0, 0.1) is 10.7 Å². The van der Waals surface area contributed by atoms with Gasteiger partial charge in [0.1, 0.15) is 0 Å². The number of fused-ring (bicyclic) bond motifs is 1. The Kier molecular flexibility index (Phi) is 2.22. The van der Waals surface area contributed by atoms with Crippen molar-refractivity contribution in [1.29, 1.82) is 0 Å². The molecule has 0 radical (unpaired) electrons. The van der Waals surface area contributed by atoms with Crippen LogP contribution in [0.15, 0.2) is 23.5 Å². The van der Waals surface area contributed by atoms with Crippen molar-refractivity contribution in [3.63, 3.8) is 0 Å². The van der Waals surface area contributed by atoms with Crippen LogP contribution < -0.4 is 0 Å². The Balaban J connectivity index is 2.84. The minimum atomic E-state index is -0.450. The SMILES string of the molecule is CC(C)c1nc2c(F)cccn2c1N=O. The van der Waals surface area contributed by atoms with E-state index in [4.69, 9.17) is 0 Å². The molecule has 2 aromatic rings. The van der Waals surface area contributed by atoms with Gasteiger partial charge >= 0.3 is 0 Å². The number of nitroso groups, excluding NO2 is 1. The van der Waals surface area contributed by atoms with Gasteiger partial charge in [-0.15, -0.1) is 4.91 Å². The fraction of sp³-hybridized carbons (Fsp3) is 0.300. The fourth-order valence-corrected chi connectivity index (χ4v) is 1.52. The van der Waals surface area contributed by atoms with Crippen molar-refractivity contribution >= 4 is 11.5 Å². The van der Waals surface area contributed by atoms with Crippen molar-refractivity contribution in [3.8, 4) is 0 Å². The lowest BCUT2D eigenvalue weighted by atomic mass is 10.1. The first kappa shape index (κ1) is 9.76. The van der Waals surface area contributed by atoms with Gasteiger partial charge in [0.25, 0.3) is 0 Å². The molecule has 0 spiro atoms. The van der Waals surface area contributed by atoms with Crippen molar-refractivity contribution in [1.82, 2.24) is 9.38 Å². The van der Waals surface area contributed by atoms with E-state index in [0.717, 1.165) is 0 Å². The van der Waals surface area contributed by atoms with Gasteiger partial charge in [0.2, 0.25) is 5.82 Å². The van der Waals surface area contributed by atoms with E-state index in [1.54, 1.807) is 6.20 Å². The molecule has 0 bridgehead atoms. The van der Waals surface area contributed by atoms with Crippen LogP contribution in [0.4, 0.5) is 10.2 Å². The number of hydrogen-bond acceptors (Lipinski definition) is 3. The first-order chi connectivity index (χ1) is 7.15. The fourth-order valence-electron chi connectivity index (χ4n) is 1.52. The molecular formula is C10H10FN3O. The van der Waals surface area contributed by atoms with Gasteiger partial charge in [0, 0.05) is 6.20 Å². The molecule has 0 fully saturated rings. The standard InChI is InChI=1S/C10H10FN3O/c1-6(2)8-10(13-15)14-5-3-4-7(11)9(14)12-8/h3-6H,1-2H3. The summed E-state index contributed by atoms with van der Waals surface area (Å²) in [5.41, 5.74) is 0.672. The number of halogens is 1. The van der Waals surface area contributed by atoms with E-state index in [9.17, 15) is 9.30 Å². The second kappa shape index (κ2) is 3.42. The van der Waals surface area contributed by atoms with Crippen LogP contribution >= 0.6 is 0 Å². The highest BCUT2D eigenvalue weighted by Crippen LogP contribution is 2.28. The van der Waals surface area contributed by atoms with Crippen LogP contribution in [-0.2, 0) is 0 Å². The molecule has 0 aliphatic rings. The number of nitrogens with zero attached hydrogens (tertiary/aromatic N) is 3. The Hall–Kier alpha value is -1.78. The first-order valence-corrected chi connectivity index (χ1v) is 4.65. The van der Waals surface area contributed by atoms with Gasteiger partial charge in [-0.05, 0) is 23.2 Å². The molecule has 0 N–H and O–H groups in total. The second-order valence-corrected chi connectivity index (χ2v) is 3.62. The van der Waals surface area contributed by atoms with Gasteiger partial charge in [0.05, 0.1) is 5.69 Å². The highest BCUT2D eigenvalue weighted by atomic mass is 19.1. The third kappa shape index (κ3) is 1.40. The summed E-state index contributed by atoms with van der Waals surface area (Å²) in [6.45, 7) is 3.77. The number of pyridine rings is 1. The van der Waals surface area contributed by atoms with Crippen LogP contribution in [-0.4, -0.2) is 9.38 Å². The number of rotatable bonds is 2. The molecular weight excluding hydrogens is 197 g/mol. The Morgan fingerprint density at radius 1 is 1.53 bits per heavy atom. The van der Waals surface area contributed by atoms with Crippen molar-refractivity contribution < 1.29 is 4.39 Å². The van der Waals surface area contributed by atoms with Gasteiger partial charge in [0.15, 0.2) is 11.5 Å². The average molecular weight is 207 g/mol. The third-order valence-electron chi connectivity index (χ3n) is 2.24. The van der Waals surface area contributed by atoms with E-state index >= 15 is 0 Å². The summed E-state index contributed by atoms with van der Waals surface area (Å²) >= 11 is 0. The molecule has 0 unspecified atom stereocenters. The van der Waals surface area contributed by atoms with E-state index in [0.29, 0.717) is 5.69 Å². The summed E-state index contributed by atoms with van der Waals surface area (Å²) in [4.78, 5) is 14.8. The lowest BCUT2D eigenvalue weighted by Gasteiger charge is -1.98. The van der Waals surface area contributed by atoms with Crippen molar-refractivity contribution in [2.24, 2.45) is 5.18 Å². The van der Waals surface area contributed by atoms with Gasteiger partial charge in [-0.25, -0.2) is 9.37 Å². The summed E-state index contributed by atoms with van der Waals surface area (Å²) in [6, 6.07) is 2.82. The zero-order valence-corrected chi connectivity index (χ0v) is 8.44. The van der Waals surface area contributed by atoms with Gasteiger partial charge < -0.3 is 0 Å². The van der Waals surface area contributed by atoms with Crippen molar-refractivity contribution in [2.75, 3.05) is 0 Å². The van der Waals surface area contributed by atoms with Crippen LogP contribution in [0.1, 0.15) is 25.5 Å². The molecule has 0 saturated heterocycles. The highest BCUT2D eigenvalue weighted by Gasteiger charge is 2.17. The third-order valence-corrected chi connectivity index (χ3v) is 2.24. The normalized spacial score (nSPS) is 11.2. The van der Waals surface area contributed by atoms with Gasteiger partial charge in [-0.2, -0.15) is 0 Å². The van der Waals surface area contributed by atoms with E-state index in [-0.39, 0.29) is 17.4 Å². The molecule has 2 heterocycles. The average Bonchev–Trinajstić information content (AvgIpc) is 2.57. The van der Waals surface area contributed by atoms with Crippen molar-refractivity contribution in [2.45, 2.75) is 19.8 Å². The number of imidazole rings is 1. The molecule has 2 rings (SSSR count). The zero-order valence-electron chi connectivity index (χ0n) is 8.44. The summed E-state index contributed by atoms with van der Waals surface area (Å²) < 4.78 is 14.7. The van der Waals surface area contributed by atoms with Crippen LogP contribution in [0.2, 0.25) is 0 Å². The van der Waals surface area contributed by atoms with Crippen LogP contribution in [0.3, 0.4) is 0 Å². The molecule has 0 aliphatic carbocycles. The number of hydrogen-bond donors (Lipinski definition) is 0. The minimum absolute atomic E-state index is 0.0389. The Labute approximate surface area is 85.7 Å². The summed E-state index contributed by atoms with van der Waals surface area (Å²) in [7, 11) is 0. The molecule has 15 heavy (non-hydrogen) atoms. The maximum absolute atomic E-state index is 13.4. The quantitative estimate of drug-likeness (QED) is 0.710. The molecule has 0 atom stereocenters. The molecule has 4 nitrogen and oxygen atoms in total. The van der Waals surface area contributed by atoms with E-state index in [2.05, 4.69) is 10.2 Å². The van der Waals surface area contributed by atoms with E-state index in [1.807, 2.05) is 13.8 Å². The molecule has 2 aromatic heterocycles. The Morgan fingerprint density at radius 2 is 2.27 bits per heavy atom. The Bertz CT molecular complexity index is 519. The highest BCUT2D eigenvalue weighted by molar-refractivity contribution is 5.53. The van der Waals surface area contributed by atoms with Crippen molar-refractivity contribution in [3.05, 3.63) is 34.7 Å². The lowest BCUT2D eigenvalue weighted by Crippen LogP contribution is -1.87. The lowest BCUT2D eigenvalue weighted by molar-refractivity contribution is 0.629. The summed E-state index contributed by atoms with van der Waals surface area (Å²) in [5.74, 6) is -0.231. The van der Waals surface area contributed by atoms with Gasteiger partial charge in [-0.1, -0.05) is 13.8 Å². The minimum Gasteiger partial charge on any atom is -0.279 e. The van der Waals surface area contributed by atoms with Crippen LogP contribution in [0.25, 0.3) is 5.65 Å². The predicted molar refractivity (Wildman–Crippen MR) is 54.7 cm³/mol. The second-order valence-electron chi connectivity index (χ2n) is 3.62. The Morgan fingerprint density at radius 3 is 2.87 bits per heavy atom. The van der Waals surface area contributed by atoms with E-state index in [1.165, 1.54) is 16.5 Å². The smallest absolute Gasteiger partial charge is 0.205 e. The molecule has 0 aliphatic heterocycles. The number of aromatic nitrogens is 2. The molecule has 0 saturated carbocycles. The van der Waals surface area contributed by atoms with Gasteiger partial charge in [-0.3, -0.25) is 4.40 Å². The zero-order chi connectivity index (χ0) is 11.0. The maximum Gasteiger partial charge on any atom is 0.205 e. The molecule has 0 amide bonds. The molecule has 78 valence electrons. The molecule has 5 heteroatoms. The first-order valence-electron chi connectivity index (χ1n) is 4.65. The summed E-state index contributed by atoms with van der Waals surface area (Å²) in [5, 5.41) is 2.90.